The van der Waals surface area contributed by atoms with E-state index in [-0.39, 0.29) is 12.1 Å². The van der Waals surface area contributed by atoms with Crippen LogP contribution in [0.3, 0.4) is 0 Å². The van der Waals surface area contributed by atoms with Gasteiger partial charge in [-0.3, -0.25) is 0 Å². The quantitative estimate of drug-likeness (QED) is 0.838. The highest BCUT2D eigenvalue weighted by Gasteiger charge is 2.38. The fourth-order valence-electron chi connectivity index (χ4n) is 3.46. The van der Waals surface area contributed by atoms with Gasteiger partial charge in [0.1, 0.15) is 5.60 Å². The summed E-state index contributed by atoms with van der Waals surface area (Å²) >= 11 is 0. The minimum Gasteiger partial charge on any atom is -0.444 e. The predicted octanol–water partition coefficient (Wildman–Crippen LogP) is 2.59. The van der Waals surface area contributed by atoms with Crippen molar-refractivity contribution < 1.29 is 14.3 Å². The molecule has 5 nitrogen and oxygen atoms in total. The molecule has 2 saturated carbocycles. The molecule has 2 aliphatic carbocycles. The second-order valence-corrected chi connectivity index (χ2v) is 8.15. The van der Waals surface area contributed by atoms with Crippen molar-refractivity contribution in [2.45, 2.75) is 89.1 Å². The molecule has 126 valence electrons. The first-order valence-electron chi connectivity index (χ1n) is 8.76. The third-order valence-corrected chi connectivity index (χ3v) is 4.79. The standard InChI is InChI=1S/C17H30N2O3/c1-17(2,3)22-16(20)19-14-8-13(9-14)18-12-6-7-21-15(10-12)11-4-5-11/h11-15,18H,4-10H2,1-3H3,(H,19,20)/t12-,13?,14?,15-/m0/s1. The summed E-state index contributed by atoms with van der Waals surface area (Å²) in [6.07, 6.45) is 7.17. The highest BCUT2D eigenvalue weighted by Crippen LogP contribution is 2.38. The maximum atomic E-state index is 11.7. The molecular weight excluding hydrogens is 280 g/mol. The molecule has 3 rings (SSSR count). The van der Waals surface area contributed by atoms with E-state index in [9.17, 15) is 4.79 Å². The first-order valence-corrected chi connectivity index (χ1v) is 8.76. The molecule has 2 N–H and O–H groups in total. The van der Waals surface area contributed by atoms with Crippen molar-refractivity contribution in [1.29, 1.82) is 0 Å². The summed E-state index contributed by atoms with van der Waals surface area (Å²) in [5, 5.41) is 6.70. The highest BCUT2D eigenvalue weighted by atomic mass is 16.6. The van der Waals surface area contributed by atoms with Crippen molar-refractivity contribution in [1.82, 2.24) is 10.6 Å². The number of nitrogens with one attached hydrogen (secondary N) is 2. The van der Waals surface area contributed by atoms with Gasteiger partial charge in [0, 0.05) is 24.7 Å². The second-order valence-electron chi connectivity index (χ2n) is 8.15. The van der Waals surface area contributed by atoms with Gasteiger partial charge >= 0.3 is 6.09 Å². The monoisotopic (exact) mass is 310 g/mol. The van der Waals surface area contributed by atoms with E-state index in [1.165, 1.54) is 12.8 Å². The summed E-state index contributed by atoms with van der Waals surface area (Å²) < 4.78 is 11.2. The van der Waals surface area contributed by atoms with Gasteiger partial charge in [-0.15, -0.1) is 0 Å². The molecule has 0 aromatic carbocycles. The molecule has 3 fully saturated rings. The lowest BCUT2D eigenvalue weighted by Crippen LogP contribution is -2.56. The molecular formula is C17H30N2O3. The van der Waals surface area contributed by atoms with Gasteiger partial charge < -0.3 is 20.1 Å². The summed E-state index contributed by atoms with van der Waals surface area (Å²) in [5.74, 6) is 0.826. The van der Waals surface area contributed by atoms with Crippen LogP contribution in [-0.4, -0.2) is 42.5 Å². The van der Waals surface area contributed by atoms with Crippen molar-refractivity contribution >= 4 is 6.09 Å². The van der Waals surface area contributed by atoms with Crippen molar-refractivity contribution in [2.24, 2.45) is 5.92 Å². The SMILES string of the molecule is CC(C)(C)OC(=O)NC1CC(N[C@H]2CCO[C@H](C3CC3)C2)C1. The zero-order chi connectivity index (χ0) is 15.7. The molecule has 22 heavy (non-hydrogen) atoms. The summed E-state index contributed by atoms with van der Waals surface area (Å²) in [6, 6.07) is 1.38. The van der Waals surface area contributed by atoms with E-state index >= 15 is 0 Å². The van der Waals surface area contributed by atoms with Gasteiger partial charge in [0.05, 0.1) is 6.10 Å². The van der Waals surface area contributed by atoms with Gasteiger partial charge in [0.15, 0.2) is 0 Å². The lowest BCUT2D eigenvalue weighted by atomic mass is 9.85. The average molecular weight is 310 g/mol. The number of carbonyl (C=O) groups is 1. The molecule has 0 aromatic heterocycles. The Morgan fingerprint density at radius 2 is 1.77 bits per heavy atom. The van der Waals surface area contributed by atoms with Gasteiger partial charge in [0.2, 0.25) is 0 Å². The van der Waals surface area contributed by atoms with Crippen LogP contribution in [0.5, 0.6) is 0 Å². The Bertz CT molecular complexity index is 397. The fourth-order valence-corrected chi connectivity index (χ4v) is 3.46. The number of carbonyl (C=O) groups excluding carboxylic acids is 1. The Kier molecular flexibility index (Phi) is 4.64. The largest absolute Gasteiger partial charge is 0.444 e. The number of rotatable bonds is 4. The maximum Gasteiger partial charge on any atom is 0.407 e. The lowest BCUT2D eigenvalue weighted by Gasteiger charge is -2.41. The van der Waals surface area contributed by atoms with E-state index in [1.807, 2.05) is 20.8 Å². The molecule has 1 amide bonds. The molecule has 3 aliphatic rings. The van der Waals surface area contributed by atoms with Crippen LogP contribution in [0.25, 0.3) is 0 Å². The van der Waals surface area contributed by atoms with Crippen LogP contribution >= 0.6 is 0 Å². The number of alkyl carbamates (subject to hydrolysis) is 1. The normalized spacial score (nSPS) is 35.6. The van der Waals surface area contributed by atoms with Crippen LogP contribution in [0.2, 0.25) is 0 Å². The van der Waals surface area contributed by atoms with Gasteiger partial charge in [-0.25, -0.2) is 4.79 Å². The van der Waals surface area contributed by atoms with Crippen molar-refractivity contribution in [3.8, 4) is 0 Å². The van der Waals surface area contributed by atoms with Crippen molar-refractivity contribution in [2.75, 3.05) is 6.61 Å². The average Bonchev–Trinajstić information content (AvgIpc) is 3.18. The molecule has 5 heteroatoms. The zero-order valence-electron chi connectivity index (χ0n) is 14.1. The number of ether oxygens (including phenoxy) is 2. The fraction of sp³-hybridized carbons (Fsp3) is 0.941. The van der Waals surface area contributed by atoms with Crippen LogP contribution in [0.1, 0.15) is 59.3 Å². The van der Waals surface area contributed by atoms with E-state index in [1.54, 1.807) is 0 Å². The molecule has 0 radical (unpaired) electrons. The van der Waals surface area contributed by atoms with E-state index < -0.39 is 5.60 Å². The Hall–Kier alpha value is -0.810. The highest BCUT2D eigenvalue weighted by molar-refractivity contribution is 5.68. The Labute approximate surface area is 133 Å². The molecule has 0 aromatic rings. The van der Waals surface area contributed by atoms with E-state index in [4.69, 9.17) is 9.47 Å². The van der Waals surface area contributed by atoms with E-state index in [0.29, 0.717) is 18.2 Å². The minimum absolute atomic E-state index is 0.256. The predicted molar refractivity (Wildman–Crippen MR) is 84.8 cm³/mol. The summed E-state index contributed by atoms with van der Waals surface area (Å²) in [6.45, 7) is 6.56. The molecule has 2 atom stereocenters. The van der Waals surface area contributed by atoms with Gasteiger partial charge in [-0.1, -0.05) is 0 Å². The Morgan fingerprint density at radius 1 is 1.05 bits per heavy atom. The van der Waals surface area contributed by atoms with E-state index in [0.717, 1.165) is 38.2 Å². The Morgan fingerprint density at radius 3 is 2.41 bits per heavy atom. The van der Waals surface area contributed by atoms with Crippen molar-refractivity contribution in [3.05, 3.63) is 0 Å². The second kappa shape index (κ2) is 6.36. The van der Waals surface area contributed by atoms with Crippen LogP contribution in [0.4, 0.5) is 4.79 Å². The number of amides is 1. The molecule has 0 spiro atoms. The number of hydrogen-bond acceptors (Lipinski definition) is 4. The van der Waals surface area contributed by atoms with Crippen LogP contribution in [-0.2, 0) is 9.47 Å². The summed E-state index contributed by atoms with van der Waals surface area (Å²) in [4.78, 5) is 11.7. The number of hydrogen-bond donors (Lipinski definition) is 2. The van der Waals surface area contributed by atoms with Crippen LogP contribution in [0.15, 0.2) is 0 Å². The summed E-state index contributed by atoms with van der Waals surface area (Å²) in [7, 11) is 0. The van der Waals surface area contributed by atoms with Gasteiger partial charge in [0.25, 0.3) is 0 Å². The third kappa shape index (κ3) is 4.59. The molecule has 1 aliphatic heterocycles. The molecule has 1 heterocycles. The smallest absolute Gasteiger partial charge is 0.407 e. The van der Waals surface area contributed by atoms with Crippen LogP contribution < -0.4 is 10.6 Å². The minimum atomic E-state index is -0.425. The first-order chi connectivity index (χ1) is 10.4. The van der Waals surface area contributed by atoms with Gasteiger partial charge in [-0.2, -0.15) is 0 Å². The molecule has 1 saturated heterocycles. The van der Waals surface area contributed by atoms with Gasteiger partial charge in [-0.05, 0) is 65.2 Å². The van der Waals surface area contributed by atoms with Crippen LogP contribution in [0, 0.1) is 5.92 Å². The summed E-state index contributed by atoms with van der Waals surface area (Å²) in [5.41, 5.74) is -0.425. The molecule has 0 unspecified atom stereocenters. The van der Waals surface area contributed by atoms with E-state index in [2.05, 4.69) is 10.6 Å². The third-order valence-electron chi connectivity index (χ3n) is 4.79. The van der Waals surface area contributed by atoms with Crippen molar-refractivity contribution in [3.63, 3.8) is 0 Å². The maximum absolute atomic E-state index is 11.7. The topological polar surface area (TPSA) is 59.6 Å². The molecule has 0 bridgehead atoms. The first kappa shape index (κ1) is 16.1. The zero-order valence-corrected chi connectivity index (χ0v) is 14.1. The Balaban J connectivity index is 1.32. The lowest BCUT2D eigenvalue weighted by molar-refractivity contribution is -0.0154.